The SMILES string of the molecule is CCCN(Cc1ccccc1)C(=O)c1ccc(Cl)c(B(O)O)c1. The van der Waals surface area contributed by atoms with Gasteiger partial charge in [-0.2, -0.15) is 0 Å². The van der Waals surface area contributed by atoms with Crippen LogP contribution in [-0.4, -0.2) is 34.5 Å². The molecule has 2 aromatic carbocycles. The molecule has 120 valence electrons. The summed E-state index contributed by atoms with van der Waals surface area (Å²) in [7, 11) is -1.70. The first-order valence-electron chi connectivity index (χ1n) is 7.51. The minimum Gasteiger partial charge on any atom is -0.423 e. The van der Waals surface area contributed by atoms with Gasteiger partial charge in [-0.1, -0.05) is 48.9 Å². The molecule has 0 aromatic heterocycles. The lowest BCUT2D eigenvalue weighted by Crippen LogP contribution is -2.35. The maximum Gasteiger partial charge on any atom is 0.489 e. The molecule has 0 saturated heterocycles. The van der Waals surface area contributed by atoms with Gasteiger partial charge in [-0.15, -0.1) is 0 Å². The third-order valence-corrected chi connectivity index (χ3v) is 3.86. The van der Waals surface area contributed by atoms with Crippen molar-refractivity contribution in [3.05, 3.63) is 64.7 Å². The number of carbonyl (C=O) groups excluding carboxylic acids is 1. The van der Waals surface area contributed by atoms with E-state index in [0.29, 0.717) is 18.7 Å². The highest BCUT2D eigenvalue weighted by Gasteiger charge is 2.20. The van der Waals surface area contributed by atoms with E-state index in [0.717, 1.165) is 12.0 Å². The van der Waals surface area contributed by atoms with E-state index in [2.05, 4.69) is 0 Å². The first-order valence-corrected chi connectivity index (χ1v) is 7.89. The summed E-state index contributed by atoms with van der Waals surface area (Å²) in [6, 6.07) is 14.3. The fourth-order valence-electron chi connectivity index (χ4n) is 2.38. The summed E-state index contributed by atoms with van der Waals surface area (Å²) in [5.74, 6) is -0.158. The highest BCUT2D eigenvalue weighted by molar-refractivity contribution is 6.62. The Balaban J connectivity index is 2.25. The Morgan fingerprint density at radius 1 is 1.17 bits per heavy atom. The summed E-state index contributed by atoms with van der Waals surface area (Å²) in [5, 5.41) is 18.9. The van der Waals surface area contributed by atoms with E-state index in [1.165, 1.54) is 12.1 Å². The Kier molecular flexibility index (Phi) is 6.22. The summed E-state index contributed by atoms with van der Waals surface area (Å²) < 4.78 is 0. The molecule has 0 aliphatic carbocycles. The molecule has 23 heavy (non-hydrogen) atoms. The van der Waals surface area contributed by atoms with E-state index >= 15 is 0 Å². The number of carbonyl (C=O) groups is 1. The number of benzene rings is 2. The molecule has 0 atom stereocenters. The van der Waals surface area contributed by atoms with Crippen LogP contribution in [0.2, 0.25) is 5.02 Å². The van der Waals surface area contributed by atoms with Gasteiger partial charge in [-0.25, -0.2) is 0 Å². The van der Waals surface area contributed by atoms with Gasteiger partial charge in [-0.05, 0) is 30.2 Å². The fourth-order valence-corrected chi connectivity index (χ4v) is 2.60. The minimum absolute atomic E-state index is 0.133. The lowest BCUT2D eigenvalue weighted by molar-refractivity contribution is 0.0743. The maximum atomic E-state index is 12.7. The zero-order valence-corrected chi connectivity index (χ0v) is 13.7. The zero-order valence-electron chi connectivity index (χ0n) is 12.9. The van der Waals surface area contributed by atoms with Crippen molar-refractivity contribution >= 4 is 30.1 Å². The smallest absolute Gasteiger partial charge is 0.423 e. The summed E-state index contributed by atoms with van der Waals surface area (Å²) in [5.41, 5.74) is 1.57. The van der Waals surface area contributed by atoms with Crippen molar-refractivity contribution in [1.29, 1.82) is 0 Å². The number of hydrogen-bond acceptors (Lipinski definition) is 3. The molecule has 0 aliphatic rings. The molecule has 0 aliphatic heterocycles. The van der Waals surface area contributed by atoms with E-state index in [-0.39, 0.29) is 16.4 Å². The Bertz CT molecular complexity index is 664. The van der Waals surface area contributed by atoms with Crippen LogP contribution in [0.25, 0.3) is 0 Å². The largest absolute Gasteiger partial charge is 0.489 e. The highest BCUT2D eigenvalue weighted by Crippen LogP contribution is 2.13. The maximum absolute atomic E-state index is 12.7. The van der Waals surface area contributed by atoms with E-state index < -0.39 is 7.12 Å². The number of rotatable bonds is 6. The molecule has 1 amide bonds. The Hall–Kier alpha value is -1.82. The van der Waals surface area contributed by atoms with E-state index in [9.17, 15) is 14.8 Å². The highest BCUT2D eigenvalue weighted by atomic mass is 35.5. The van der Waals surface area contributed by atoms with Gasteiger partial charge in [0.1, 0.15) is 0 Å². The van der Waals surface area contributed by atoms with Crippen molar-refractivity contribution < 1.29 is 14.8 Å². The Labute approximate surface area is 141 Å². The molecule has 4 nitrogen and oxygen atoms in total. The average molecular weight is 332 g/mol. The van der Waals surface area contributed by atoms with Crippen LogP contribution < -0.4 is 5.46 Å². The molecule has 0 radical (unpaired) electrons. The van der Waals surface area contributed by atoms with Crippen LogP contribution in [0.15, 0.2) is 48.5 Å². The van der Waals surface area contributed by atoms with Crippen LogP contribution in [0.3, 0.4) is 0 Å². The quantitative estimate of drug-likeness (QED) is 0.797. The second-order valence-corrected chi connectivity index (χ2v) is 5.73. The molecule has 2 aromatic rings. The summed E-state index contributed by atoms with van der Waals surface area (Å²) in [4.78, 5) is 14.5. The van der Waals surface area contributed by atoms with E-state index in [1.807, 2.05) is 37.3 Å². The third kappa shape index (κ3) is 4.58. The van der Waals surface area contributed by atoms with Crippen LogP contribution in [0.1, 0.15) is 29.3 Å². The minimum atomic E-state index is -1.70. The zero-order chi connectivity index (χ0) is 16.8. The van der Waals surface area contributed by atoms with Crippen molar-refractivity contribution in [2.24, 2.45) is 0 Å². The molecular formula is C17H19BClNO3. The topological polar surface area (TPSA) is 60.8 Å². The van der Waals surface area contributed by atoms with Gasteiger partial charge >= 0.3 is 7.12 Å². The van der Waals surface area contributed by atoms with Gasteiger partial charge in [-0.3, -0.25) is 4.79 Å². The van der Waals surface area contributed by atoms with Crippen molar-refractivity contribution in [2.45, 2.75) is 19.9 Å². The van der Waals surface area contributed by atoms with Gasteiger partial charge in [0.2, 0.25) is 0 Å². The van der Waals surface area contributed by atoms with Crippen molar-refractivity contribution in [3.63, 3.8) is 0 Å². The van der Waals surface area contributed by atoms with Crippen LogP contribution in [-0.2, 0) is 6.54 Å². The van der Waals surface area contributed by atoms with Gasteiger partial charge < -0.3 is 14.9 Å². The third-order valence-electron chi connectivity index (χ3n) is 3.52. The molecule has 0 unspecified atom stereocenters. The first-order chi connectivity index (χ1) is 11.0. The summed E-state index contributed by atoms with van der Waals surface area (Å²) in [6.45, 7) is 3.14. The van der Waals surface area contributed by atoms with Crippen LogP contribution in [0.5, 0.6) is 0 Å². The predicted molar refractivity (Wildman–Crippen MR) is 92.8 cm³/mol. The summed E-state index contributed by atoms with van der Waals surface area (Å²) >= 11 is 5.92. The first kappa shape index (κ1) is 17.5. The molecule has 0 fully saturated rings. The predicted octanol–water partition coefficient (Wildman–Crippen LogP) is 2.07. The molecule has 2 rings (SSSR count). The molecule has 0 bridgehead atoms. The molecule has 6 heteroatoms. The molecule has 0 heterocycles. The normalized spacial score (nSPS) is 10.4. The number of nitrogens with zero attached hydrogens (tertiary/aromatic N) is 1. The molecule has 2 N–H and O–H groups in total. The van der Waals surface area contributed by atoms with Gasteiger partial charge in [0.15, 0.2) is 0 Å². The Morgan fingerprint density at radius 2 is 1.87 bits per heavy atom. The molecule has 0 saturated carbocycles. The monoisotopic (exact) mass is 331 g/mol. The van der Waals surface area contributed by atoms with Gasteiger partial charge in [0.05, 0.1) is 0 Å². The number of hydrogen-bond donors (Lipinski definition) is 2. The van der Waals surface area contributed by atoms with E-state index in [1.54, 1.807) is 11.0 Å². The summed E-state index contributed by atoms with van der Waals surface area (Å²) in [6.07, 6.45) is 0.835. The van der Waals surface area contributed by atoms with Crippen molar-refractivity contribution in [1.82, 2.24) is 4.90 Å². The number of amides is 1. The number of halogens is 1. The van der Waals surface area contributed by atoms with Crippen LogP contribution in [0.4, 0.5) is 0 Å². The Morgan fingerprint density at radius 3 is 2.48 bits per heavy atom. The lowest BCUT2D eigenvalue weighted by Gasteiger charge is -2.23. The second kappa shape index (κ2) is 8.15. The van der Waals surface area contributed by atoms with Gasteiger partial charge in [0, 0.05) is 29.1 Å². The fraction of sp³-hybridized carbons (Fsp3) is 0.235. The molecule has 0 spiro atoms. The van der Waals surface area contributed by atoms with E-state index in [4.69, 9.17) is 11.6 Å². The second-order valence-electron chi connectivity index (χ2n) is 5.32. The van der Waals surface area contributed by atoms with Crippen molar-refractivity contribution in [2.75, 3.05) is 6.54 Å². The van der Waals surface area contributed by atoms with Crippen molar-refractivity contribution in [3.8, 4) is 0 Å². The standard InChI is InChI=1S/C17H19BClNO3/c1-2-10-20(12-13-6-4-3-5-7-13)17(21)14-8-9-16(19)15(11-14)18(22)23/h3-9,11,22-23H,2,10,12H2,1H3. The average Bonchev–Trinajstić information content (AvgIpc) is 2.55. The molecular weight excluding hydrogens is 312 g/mol. The van der Waals surface area contributed by atoms with Crippen LogP contribution >= 0.6 is 11.6 Å². The lowest BCUT2D eigenvalue weighted by atomic mass is 9.79. The van der Waals surface area contributed by atoms with Gasteiger partial charge in [0.25, 0.3) is 5.91 Å². The van der Waals surface area contributed by atoms with Crippen LogP contribution in [0, 0.1) is 0 Å².